The molecule has 1 N–H and O–H groups in total. The summed E-state index contributed by atoms with van der Waals surface area (Å²) in [5.41, 5.74) is -0.396. The Balaban J connectivity index is 1.78. The molecule has 2 saturated heterocycles. The Hall–Kier alpha value is -0.120. The smallest absolute Gasteiger partial charge is 0.0798 e. The van der Waals surface area contributed by atoms with Crippen LogP contribution in [0.1, 0.15) is 19.8 Å². The molecule has 0 spiro atoms. The molecule has 82 valence electrons. The van der Waals surface area contributed by atoms with Crippen LogP contribution in [-0.4, -0.2) is 60.3 Å². The number of β-amino-alcohol motifs (C(OH)–C–C–N with tert-alkyl or cyclic N) is 1. The number of aliphatic hydroxyl groups is 1. The minimum atomic E-state index is -0.396. The summed E-state index contributed by atoms with van der Waals surface area (Å²) in [5.74, 6) is 0.838. The van der Waals surface area contributed by atoms with Crippen molar-refractivity contribution in [3.63, 3.8) is 0 Å². The number of hydrogen-bond acceptors (Lipinski definition) is 3. The monoisotopic (exact) mass is 198 g/mol. The van der Waals surface area contributed by atoms with Crippen molar-refractivity contribution in [2.75, 3.05) is 39.8 Å². The topological polar surface area (TPSA) is 26.7 Å². The van der Waals surface area contributed by atoms with E-state index in [1.807, 2.05) is 0 Å². The van der Waals surface area contributed by atoms with E-state index in [2.05, 4.69) is 23.8 Å². The van der Waals surface area contributed by atoms with Gasteiger partial charge >= 0.3 is 0 Å². The van der Waals surface area contributed by atoms with Gasteiger partial charge in [0, 0.05) is 32.7 Å². The van der Waals surface area contributed by atoms with Gasteiger partial charge in [-0.1, -0.05) is 6.92 Å². The molecule has 0 aromatic carbocycles. The second-order valence-electron chi connectivity index (χ2n) is 5.33. The predicted octanol–water partition coefficient (Wildman–Crippen LogP) is 0.395. The quantitative estimate of drug-likeness (QED) is 0.695. The van der Waals surface area contributed by atoms with E-state index in [-0.39, 0.29) is 0 Å². The first-order chi connectivity index (χ1) is 6.57. The van der Waals surface area contributed by atoms with Gasteiger partial charge in [0.05, 0.1) is 5.60 Å². The third-order valence-corrected chi connectivity index (χ3v) is 3.58. The number of likely N-dealkylation sites (tertiary alicyclic amines) is 2. The Morgan fingerprint density at radius 2 is 1.86 bits per heavy atom. The summed E-state index contributed by atoms with van der Waals surface area (Å²) < 4.78 is 0. The van der Waals surface area contributed by atoms with E-state index in [4.69, 9.17) is 0 Å². The molecule has 0 aromatic rings. The highest BCUT2D eigenvalue weighted by atomic mass is 16.3. The number of hydrogen-bond donors (Lipinski definition) is 1. The fourth-order valence-electron chi connectivity index (χ4n) is 2.57. The summed E-state index contributed by atoms with van der Waals surface area (Å²) >= 11 is 0. The molecule has 0 aliphatic carbocycles. The molecule has 0 unspecified atom stereocenters. The lowest BCUT2D eigenvalue weighted by Crippen LogP contribution is -2.55. The van der Waals surface area contributed by atoms with E-state index in [0.29, 0.717) is 0 Å². The summed E-state index contributed by atoms with van der Waals surface area (Å²) in [6, 6.07) is 0. The highest BCUT2D eigenvalue weighted by Gasteiger charge is 2.35. The maximum absolute atomic E-state index is 10.3. The number of nitrogens with zero attached hydrogens (tertiary/aromatic N) is 2. The summed E-state index contributed by atoms with van der Waals surface area (Å²) in [6.45, 7) is 7.61. The summed E-state index contributed by atoms with van der Waals surface area (Å²) in [7, 11) is 2.13. The van der Waals surface area contributed by atoms with Crippen LogP contribution in [0.2, 0.25) is 0 Å². The zero-order chi connectivity index (χ0) is 10.2. The van der Waals surface area contributed by atoms with Crippen LogP contribution in [0, 0.1) is 5.92 Å². The zero-order valence-corrected chi connectivity index (χ0v) is 9.37. The maximum atomic E-state index is 10.3. The van der Waals surface area contributed by atoms with Crippen LogP contribution in [0.15, 0.2) is 0 Å². The molecule has 3 heteroatoms. The third kappa shape index (κ3) is 2.27. The molecule has 3 nitrogen and oxygen atoms in total. The predicted molar refractivity (Wildman–Crippen MR) is 57.3 cm³/mol. The highest BCUT2D eigenvalue weighted by molar-refractivity contribution is 4.90. The molecule has 0 radical (unpaired) electrons. The van der Waals surface area contributed by atoms with Gasteiger partial charge in [0.25, 0.3) is 0 Å². The lowest BCUT2D eigenvalue weighted by atomic mass is 9.89. The van der Waals surface area contributed by atoms with E-state index in [9.17, 15) is 5.11 Å². The molecule has 14 heavy (non-hydrogen) atoms. The first-order valence-electron chi connectivity index (χ1n) is 5.71. The first kappa shape index (κ1) is 10.4. The molecular weight excluding hydrogens is 176 g/mol. The van der Waals surface area contributed by atoms with Crippen LogP contribution < -0.4 is 0 Å². The van der Waals surface area contributed by atoms with Crippen molar-refractivity contribution in [2.45, 2.75) is 25.4 Å². The minimum absolute atomic E-state index is 0.396. The lowest BCUT2D eigenvalue weighted by molar-refractivity contribution is -0.0619. The van der Waals surface area contributed by atoms with Crippen molar-refractivity contribution in [1.82, 2.24) is 9.80 Å². The molecule has 0 atom stereocenters. The van der Waals surface area contributed by atoms with E-state index in [1.54, 1.807) is 0 Å². The van der Waals surface area contributed by atoms with Gasteiger partial charge in [-0.3, -0.25) is 4.90 Å². The second kappa shape index (κ2) is 3.80. The molecular formula is C11H22N2O. The number of rotatable bonds is 2. The van der Waals surface area contributed by atoms with Gasteiger partial charge in [-0.25, -0.2) is 0 Å². The van der Waals surface area contributed by atoms with Crippen LogP contribution in [0.3, 0.4) is 0 Å². The van der Waals surface area contributed by atoms with Crippen molar-refractivity contribution in [1.29, 1.82) is 0 Å². The van der Waals surface area contributed by atoms with Gasteiger partial charge in [-0.2, -0.15) is 0 Å². The normalized spacial score (nSPS) is 30.2. The fourth-order valence-corrected chi connectivity index (χ4v) is 2.57. The lowest BCUT2D eigenvalue weighted by Gasteiger charge is -2.45. The maximum Gasteiger partial charge on any atom is 0.0798 e. The summed E-state index contributed by atoms with van der Waals surface area (Å²) in [4.78, 5) is 4.68. The average Bonchev–Trinajstić information content (AvgIpc) is 2.08. The van der Waals surface area contributed by atoms with E-state index >= 15 is 0 Å². The molecule has 0 aromatic heterocycles. The Morgan fingerprint density at radius 3 is 2.36 bits per heavy atom. The van der Waals surface area contributed by atoms with E-state index < -0.39 is 5.60 Å². The molecule has 0 amide bonds. The standard InChI is InChI=1S/C11H22N2O/c1-10-7-13(8-10)9-11(14)3-5-12(2)6-4-11/h10,14H,3-9H2,1-2H3. The summed E-state index contributed by atoms with van der Waals surface area (Å²) in [6.07, 6.45) is 1.88. The van der Waals surface area contributed by atoms with Crippen LogP contribution in [0.5, 0.6) is 0 Å². The Morgan fingerprint density at radius 1 is 1.29 bits per heavy atom. The van der Waals surface area contributed by atoms with Gasteiger partial charge in [0.15, 0.2) is 0 Å². The van der Waals surface area contributed by atoms with Gasteiger partial charge in [-0.15, -0.1) is 0 Å². The van der Waals surface area contributed by atoms with Gasteiger partial charge in [0.1, 0.15) is 0 Å². The fraction of sp³-hybridized carbons (Fsp3) is 1.00. The van der Waals surface area contributed by atoms with Gasteiger partial charge in [0.2, 0.25) is 0 Å². The largest absolute Gasteiger partial charge is 0.388 e. The molecule has 0 saturated carbocycles. The Bertz CT molecular complexity index is 193. The highest BCUT2D eigenvalue weighted by Crippen LogP contribution is 2.25. The molecule has 2 aliphatic rings. The van der Waals surface area contributed by atoms with E-state index in [0.717, 1.165) is 38.4 Å². The van der Waals surface area contributed by atoms with Crippen LogP contribution in [0.25, 0.3) is 0 Å². The second-order valence-corrected chi connectivity index (χ2v) is 5.33. The van der Waals surface area contributed by atoms with Gasteiger partial charge in [-0.05, 0) is 25.8 Å². The van der Waals surface area contributed by atoms with Crippen molar-refractivity contribution in [3.05, 3.63) is 0 Å². The molecule has 0 bridgehead atoms. The van der Waals surface area contributed by atoms with Crippen molar-refractivity contribution in [3.8, 4) is 0 Å². The zero-order valence-electron chi connectivity index (χ0n) is 9.37. The summed E-state index contributed by atoms with van der Waals surface area (Å²) in [5, 5.41) is 10.3. The molecule has 2 rings (SSSR count). The number of piperidine rings is 1. The molecule has 2 fully saturated rings. The average molecular weight is 198 g/mol. The van der Waals surface area contributed by atoms with Crippen molar-refractivity contribution in [2.24, 2.45) is 5.92 Å². The van der Waals surface area contributed by atoms with Crippen molar-refractivity contribution < 1.29 is 5.11 Å². The minimum Gasteiger partial charge on any atom is -0.388 e. The van der Waals surface area contributed by atoms with Crippen molar-refractivity contribution >= 4 is 0 Å². The van der Waals surface area contributed by atoms with E-state index in [1.165, 1.54) is 13.1 Å². The van der Waals surface area contributed by atoms with Crippen LogP contribution in [-0.2, 0) is 0 Å². The SMILES string of the molecule is CC1CN(CC2(O)CCN(C)CC2)C1. The third-order valence-electron chi connectivity index (χ3n) is 3.58. The Kier molecular flexibility index (Phi) is 2.82. The first-order valence-corrected chi connectivity index (χ1v) is 5.71. The van der Waals surface area contributed by atoms with Crippen LogP contribution >= 0.6 is 0 Å². The van der Waals surface area contributed by atoms with Crippen LogP contribution in [0.4, 0.5) is 0 Å². The molecule has 2 aliphatic heterocycles. The molecule has 2 heterocycles. The Labute approximate surface area is 86.7 Å². The van der Waals surface area contributed by atoms with Gasteiger partial charge < -0.3 is 10.0 Å².